The van der Waals surface area contributed by atoms with E-state index in [1.54, 1.807) is 5.51 Å². The Bertz CT molecular complexity index is 311. The van der Waals surface area contributed by atoms with Crippen LogP contribution in [0.25, 0.3) is 0 Å². The summed E-state index contributed by atoms with van der Waals surface area (Å²) in [6, 6.07) is 0. The molecule has 0 saturated heterocycles. The van der Waals surface area contributed by atoms with Gasteiger partial charge in [0.25, 0.3) is 0 Å². The maximum absolute atomic E-state index is 11.4. The van der Waals surface area contributed by atoms with Gasteiger partial charge in [0.2, 0.25) is 5.91 Å². The largest absolute Gasteiger partial charge is 0.355 e. The molecule has 0 spiro atoms. The van der Waals surface area contributed by atoms with Gasteiger partial charge < -0.3 is 5.32 Å². The van der Waals surface area contributed by atoms with Crippen molar-refractivity contribution in [1.29, 1.82) is 0 Å². The third-order valence-electron chi connectivity index (χ3n) is 2.48. The van der Waals surface area contributed by atoms with Crippen LogP contribution in [0.1, 0.15) is 19.3 Å². The lowest BCUT2D eigenvalue weighted by Gasteiger charge is -2.25. The van der Waals surface area contributed by atoms with Gasteiger partial charge in [-0.05, 0) is 18.8 Å². The van der Waals surface area contributed by atoms with Crippen molar-refractivity contribution < 1.29 is 4.79 Å². The van der Waals surface area contributed by atoms with Crippen molar-refractivity contribution in [3.8, 4) is 0 Å². The number of carbonyl (C=O) groups is 1. The zero-order chi connectivity index (χ0) is 10.5. The number of carbonyl (C=O) groups excluding carboxylic acids is 1. The minimum Gasteiger partial charge on any atom is -0.355 e. The zero-order valence-corrected chi connectivity index (χ0v) is 9.94. The van der Waals surface area contributed by atoms with Crippen molar-refractivity contribution in [2.24, 2.45) is 5.92 Å². The summed E-state index contributed by atoms with van der Waals surface area (Å²) in [5.74, 6) is 1.27. The predicted molar refractivity (Wildman–Crippen MR) is 61.0 cm³/mol. The molecule has 0 radical (unpaired) electrons. The summed E-state index contributed by atoms with van der Waals surface area (Å²) >= 11 is 2.91. The van der Waals surface area contributed by atoms with Gasteiger partial charge in [-0.15, -0.1) is 10.2 Å². The first kappa shape index (κ1) is 10.9. The third kappa shape index (κ3) is 3.46. The number of nitrogens with zero attached hydrogens (tertiary/aromatic N) is 2. The first-order valence-electron chi connectivity index (χ1n) is 5.00. The Morgan fingerprint density at radius 3 is 3.13 bits per heavy atom. The molecule has 0 aromatic carbocycles. The van der Waals surface area contributed by atoms with Crippen LogP contribution in [-0.4, -0.2) is 28.4 Å². The first-order chi connectivity index (χ1) is 7.34. The summed E-state index contributed by atoms with van der Waals surface area (Å²) in [6.45, 7) is 0.843. The third-order valence-corrected chi connectivity index (χ3v) is 4.34. The molecule has 4 nitrogen and oxygen atoms in total. The number of amides is 1. The number of hydrogen-bond donors (Lipinski definition) is 1. The zero-order valence-electron chi connectivity index (χ0n) is 8.31. The molecule has 2 rings (SSSR count). The second-order valence-corrected chi connectivity index (χ2v) is 5.65. The average Bonchev–Trinajstić information content (AvgIpc) is 2.64. The molecule has 0 aliphatic heterocycles. The molecule has 82 valence electrons. The normalized spacial score (nSPS) is 16.0. The molecule has 1 N–H and O–H groups in total. The monoisotopic (exact) mass is 243 g/mol. The highest BCUT2D eigenvalue weighted by Crippen LogP contribution is 2.25. The molecule has 6 heteroatoms. The summed E-state index contributed by atoms with van der Waals surface area (Å²) in [6.07, 6.45) is 3.85. The number of aromatic nitrogens is 2. The Balaban J connectivity index is 1.60. The van der Waals surface area contributed by atoms with Crippen molar-refractivity contribution >= 4 is 29.0 Å². The van der Waals surface area contributed by atoms with E-state index in [-0.39, 0.29) is 5.91 Å². The summed E-state index contributed by atoms with van der Waals surface area (Å²) < 4.78 is 0.855. The van der Waals surface area contributed by atoms with E-state index in [4.69, 9.17) is 0 Å². The quantitative estimate of drug-likeness (QED) is 0.797. The minimum absolute atomic E-state index is 0.0992. The van der Waals surface area contributed by atoms with E-state index in [0.717, 1.165) is 16.8 Å². The Morgan fingerprint density at radius 2 is 2.53 bits per heavy atom. The van der Waals surface area contributed by atoms with Crippen LogP contribution < -0.4 is 5.32 Å². The van der Waals surface area contributed by atoms with Gasteiger partial charge in [0, 0.05) is 6.54 Å². The van der Waals surface area contributed by atoms with Crippen LogP contribution >= 0.6 is 23.1 Å². The molecule has 1 fully saturated rings. The van der Waals surface area contributed by atoms with Crippen LogP contribution in [0.3, 0.4) is 0 Å². The summed E-state index contributed by atoms with van der Waals surface area (Å²) in [4.78, 5) is 11.4. The topological polar surface area (TPSA) is 54.9 Å². The highest BCUT2D eigenvalue weighted by molar-refractivity contribution is 8.01. The van der Waals surface area contributed by atoms with Crippen molar-refractivity contribution in [2.45, 2.75) is 23.6 Å². The lowest BCUT2D eigenvalue weighted by atomic mass is 9.85. The van der Waals surface area contributed by atoms with E-state index in [1.807, 2.05) is 0 Å². The number of hydrogen-bond acceptors (Lipinski definition) is 5. The number of nitrogens with one attached hydrogen (secondary N) is 1. The Kier molecular flexibility index (Phi) is 3.96. The van der Waals surface area contributed by atoms with E-state index in [0.29, 0.717) is 5.75 Å². The Morgan fingerprint density at radius 1 is 1.67 bits per heavy atom. The summed E-state index contributed by atoms with van der Waals surface area (Å²) in [5.41, 5.74) is 1.68. The fraction of sp³-hybridized carbons (Fsp3) is 0.667. The second-order valence-electron chi connectivity index (χ2n) is 3.59. The number of thioether (sulfide) groups is 1. The van der Waals surface area contributed by atoms with E-state index in [9.17, 15) is 4.79 Å². The average molecular weight is 243 g/mol. The molecular formula is C9H13N3OS2. The van der Waals surface area contributed by atoms with Gasteiger partial charge in [-0.25, -0.2) is 0 Å². The maximum Gasteiger partial charge on any atom is 0.230 e. The first-order valence-corrected chi connectivity index (χ1v) is 6.87. The maximum atomic E-state index is 11.4. The van der Waals surface area contributed by atoms with Crippen LogP contribution in [0.2, 0.25) is 0 Å². The van der Waals surface area contributed by atoms with Crippen molar-refractivity contribution in [3.63, 3.8) is 0 Å². The fourth-order valence-corrected chi connectivity index (χ4v) is 2.68. The molecule has 1 aliphatic rings. The van der Waals surface area contributed by atoms with Gasteiger partial charge in [0.1, 0.15) is 5.51 Å². The molecule has 0 atom stereocenters. The van der Waals surface area contributed by atoms with Gasteiger partial charge in [-0.3, -0.25) is 4.79 Å². The van der Waals surface area contributed by atoms with Crippen LogP contribution in [0.15, 0.2) is 9.85 Å². The lowest BCUT2D eigenvalue weighted by Crippen LogP contribution is -2.33. The molecule has 1 saturated carbocycles. The highest BCUT2D eigenvalue weighted by atomic mass is 32.2. The van der Waals surface area contributed by atoms with Gasteiger partial charge in [-0.1, -0.05) is 29.5 Å². The van der Waals surface area contributed by atoms with Gasteiger partial charge in [0.15, 0.2) is 4.34 Å². The molecular weight excluding hydrogens is 230 g/mol. The minimum atomic E-state index is 0.0992. The van der Waals surface area contributed by atoms with Crippen LogP contribution in [0.5, 0.6) is 0 Å². The predicted octanol–water partition coefficient (Wildman–Crippen LogP) is 1.55. The van der Waals surface area contributed by atoms with E-state index in [1.165, 1.54) is 42.4 Å². The van der Waals surface area contributed by atoms with Crippen molar-refractivity contribution in [1.82, 2.24) is 15.5 Å². The molecule has 1 aliphatic carbocycles. The fourth-order valence-electron chi connectivity index (χ4n) is 1.36. The summed E-state index contributed by atoms with van der Waals surface area (Å²) in [7, 11) is 0. The van der Waals surface area contributed by atoms with Crippen molar-refractivity contribution in [3.05, 3.63) is 5.51 Å². The molecule has 1 aromatic rings. The molecule has 1 heterocycles. The Hall–Kier alpha value is -0.620. The van der Waals surface area contributed by atoms with E-state index in [2.05, 4.69) is 15.5 Å². The smallest absolute Gasteiger partial charge is 0.230 e. The molecule has 0 unspecified atom stereocenters. The van der Waals surface area contributed by atoms with E-state index >= 15 is 0 Å². The molecule has 0 bridgehead atoms. The highest BCUT2D eigenvalue weighted by Gasteiger charge is 2.17. The van der Waals surface area contributed by atoms with Crippen LogP contribution in [-0.2, 0) is 4.79 Å². The SMILES string of the molecule is O=C(CSc1nncs1)NCC1CCC1. The van der Waals surface area contributed by atoms with E-state index < -0.39 is 0 Å². The summed E-state index contributed by atoms with van der Waals surface area (Å²) in [5, 5.41) is 10.5. The second kappa shape index (κ2) is 5.46. The van der Waals surface area contributed by atoms with Gasteiger partial charge >= 0.3 is 0 Å². The van der Waals surface area contributed by atoms with Gasteiger partial charge in [-0.2, -0.15) is 0 Å². The number of rotatable bonds is 5. The van der Waals surface area contributed by atoms with Gasteiger partial charge in [0.05, 0.1) is 5.75 Å². The molecule has 1 aromatic heterocycles. The standard InChI is InChI=1S/C9H13N3OS2/c13-8(10-4-7-2-1-3-7)5-14-9-12-11-6-15-9/h6-7H,1-5H2,(H,10,13). The van der Waals surface area contributed by atoms with Crippen molar-refractivity contribution in [2.75, 3.05) is 12.3 Å². The molecule has 1 amide bonds. The van der Waals surface area contributed by atoms with Crippen LogP contribution in [0.4, 0.5) is 0 Å². The van der Waals surface area contributed by atoms with Crippen LogP contribution in [0, 0.1) is 5.92 Å². The molecule has 15 heavy (non-hydrogen) atoms. The Labute approximate surface area is 96.9 Å². The lowest BCUT2D eigenvalue weighted by molar-refractivity contribution is -0.118.